The van der Waals surface area contributed by atoms with E-state index in [1.54, 1.807) is 0 Å². The largest absolute Gasteiger partial charge is 0.392 e. The van der Waals surface area contributed by atoms with Crippen molar-refractivity contribution in [2.24, 2.45) is 5.41 Å². The molecule has 1 saturated heterocycles. The van der Waals surface area contributed by atoms with Crippen LogP contribution in [0.25, 0.3) is 0 Å². The van der Waals surface area contributed by atoms with Crippen molar-refractivity contribution in [3.63, 3.8) is 0 Å². The number of hydrogen-bond acceptors (Lipinski definition) is 3. The van der Waals surface area contributed by atoms with Gasteiger partial charge in [-0.05, 0) is 32.1 Å². The van der Waals surface area contributed by atoms with Crippen molar-refractivity contribution in [1.82, 2.24) is 5.32 Å². The van der Waals surface area contributed by atoms with E-state index in [9.17, 15) is 5.11 Å². The first kappa shape index (κ1) is 12.0. The third-order valence-corrected chi connectivity index (χ3v) is 3.27. The Labute approximate surface area is 86.8 Å². The van der Waals surface area contributed by atoms with E-state index in [-0.39, 0.29) is 12.1 Å². The highest BCUT2D eigenvalue weighted by Crippen LogP contribution is 2.28. The lowest BCUT2D eigenvalue weighted by Gasteiger charge is -2.35. The maximum Gasteiger partial charge on any atom is 0.0662 e. The smallest absolute Gasteiger partial charge is 0.0662 e. The lowest BCUT2D eigenvalue weighted by atomic mass is 9.82. The summed E-state index contributed by atoms with van der Waals surface area (Å²) in [6, 6.07) is 0.176. The summed E-state index contributed by atoms with van der Waals surface area (Å²) in [5, 5.41) is 12.7. The third kappa shape index (κ3) is 3.56. The summed E-state index contributed by atoms with van der Waals surface area (Å²) in [6.07, 6.45) is 1.96. The Balaban J connectivity index is 2.28. The van der Waals surface area contributed by atoms with Gasteiger partial charge in [0.15, 0.2) is 0 Å². The number of aliphatic hydroxyl groups excluding tert-OH is 1. The molecule has 2 N–H and O–H groups in total. The minimum absolute atomic E-state index is 0.176. The highest BCUT2D eigenvalue weighted by Gasteiger charge is 2.27. The molecule has 1 heterocycles. The van der Waals surface area contributed by atoms with Crippen LogP contribution in [0.15, 0.2) is 0 Å². The van der Waals surface area contributed by atoms with Gasteiger partial charge in [-0.1, -0.05) is 6.92 Å². The van der Waals surface area contributed by atoms with Crippen LogP contribution in [-0.2, 0) is 4.74 Å². The van der Waals surface area contributed by atoms with E-state index in [2.05, 4.69) is 12.2 Å². The Morgan fingerprint density at radius 1 is 1.36 bits per heavy atom. The van der Waals surface area contributed by atoms with Gasteiger partial charge in [0.2, 0.25) is 0 Å². The molecule has 14 heavy (non-hydrogen) atoms. The zero-order chi connectivity index (χ0) is 10.6. The highest BCUT2D eigenvalue weighted by molar-refractivity contribution is 4.81. The molecular weight excluding hydrogens is 178 g/mol. The quantitative estimate of drug-likeness (QED) is 0.717. The molecule has 0 spiro atoms. The van der Waals surface area contributed by atoms with Crippen molar-refractivity contribution in [2.75, 3.05) is 19.8 Å². The van der Waals surface area contributed by atoms with Crippen LogP contribution in [0.4, 0.5) is 0 Å². The molecule has 2 unspecified atom stereocenters. The zero-order valence-corrected chi connectivity index (χ0v) is 9.55. The van der Waals surface area contributed by atoms with E-state index < -0.39 is 0 Å². The fourth-order valence-electron chi connectivity index (χ4n) is 1.62. The Bertz CT molecular complexity index is 165. The van der Waals surface area contributed by atoms with Crippen molar-refractivity contribution in [1.29, 1.82) is 0 Å². The molecule has 1 rings (SSSR count). The van der Waals surface area contributed by atoms with E-state index in [0.29, 0.717) is 5.41 Å². The van der Waals surface area contributed by atoms with E-state index in [1.807, 2.05) is 13.8 Å². The number of ether oxygens (including phenoxy) is 1. The van der Waals surface area contributed by atoms with Crippen LogP contribution >= 0.6 is 0 Å². The summed E-state index contributed by atoms with van der Waals surface area (Å²) < 4.78 is 5.34. The molecule has 0 amide bonds. The molecular formula is C11H23NO2. The first-order chi connectivity index (χ1) is 6.53. The lowest BCUT2D eigenvalue weighted by molar-refractivity contribution is 0.0205. The van der Waals surface area contributed by atoms with E-state index >= 15 is 0 Å². The molecule has 0 aromatic carbocycles. The molecule has 3 heteroatoms. The second kappa shape index (κ2) is 5.10. The van der Waals surface area contributed by atoms with Gasteiger partial charge < -0.3 is 15.2 Å². The molecule has 0 saturated carbocycles. The van der Waals surface area contributed by atoms with Crippen LogP contribution in [0.3, 0.4) is 0 Å². The average Bonchev–Trinajstić information content (AvgIpc) is 2.15. The molecule has 84 valence electrons. The lowest BCUT2D eigenvalue weighted by Crippen LogP contribution is -2.43. The summed E-state index contributed by atoms with van der Waals surface area (Å²) in [5.74, 6) is 0. The van der Waals surface area contributed by atoms with Crippen LogP contribution < -0.4 is 5.32 Å². The monoisotopic (exact) mass is 201 g/mol. The number of rotatable bonds is 4. The van der Waals surface area contributed by atoms with Crippen molar-refractivity contribution < 1.29 is 9.84 Å². The van der Waals surface area contributed by atoms with Gasteiger partial charge in [-0.15, -0.1) is 0 Å². The zero-order valence-electron chi connectivity index (χ0n) is 9.55. The normalized spacial score (nSPS) is 25.7. The minimum atomic E-state index is -0.279. The molecule has 0 radical (unpaired) electrons. The summed E-state index contributed by atoms with van der Waals surface area (Å²) in [4.78, 5) is 0. The molecule has 0 aliphatic carbocycles. The number of hydrogen-bond donors (Lipinski definition) is 2. The van der Waals surface area contributed by atoms with E-state index in [4.69, 9.17) is 4.74 Å². The van der Waals surface area contributed by atoms with Gasteiger partial charge in [-0.3, -0.25) is 0 Å². The van der Waals surface area contributed by atoms with Gasteiger partial charge in [0.1, 0.15) is 0 Å². The second-order valence-corrected chi connectivity index (χ2v) is 4.83. The predicted molar refractivity (Wildman–Crippen MR) is 57.3 cm³/mol. The molecule has 2 atom stereocenters. The Morgan fingerprint density at radius 2 is 1.93 bits per heavy atom. The van der Waals surface area contributed by atoms with Gasteiger partial charge in [-0.25, -0.2) is 0 Å². The first-order valence-electron chi connectivity index (χ1n) is 5.53. The fraction of sp³-hybridized carbons (Fsp3) is 1.00. The van der Waals surface area contributed by atoms with Gasteiger partial charge in [0.05, 0.1) is 6.10 Å². The standard InChI is InChI=1S/C11H23NO2/c1-9(10(2)13)12-8-11(3)4-6-14-7-5-11/h9-10,12-13H,4-8H2,1-3H3. The van der Waals surface area contributed by atoms with Gasteiger partial charge in [0, 0.05) is 25.8 Å². The van der Waals surface area contributed by atoms with Crippen molar-refractivity contribution in [3.05, 3.63) is 0 Å². The third-order valence-electron chi connectivity index (χ3n) is 3.27. The number of aliphatic hydroxyl groups is 1. The summed E-state index contributed by atoms with van der Waals surface area (Å²) in [7, 11) is 0. The predicted octanol–water partition coefficient (Wildman–Crippen LogP) is 1.16. The van der Waals surface area contributed by atoms with Gasteiger partial charge in [-0.2, -0.15) is 0 Å². The van der Waals surface area contributed by atoms with Crippen molar-refractivity contribution in [2.45, 2.75) is 45.8 Å². The van der Waals surface area contributed by atoms with Crippen LogP contribution in [0.5, 0.6) is 0 Å². The minimum Gasteiger partial charge on any atom is -0.392 e. The van der Waals surface area contributed by atoms with E-state index in [1.165, 1.54) is 0 Å². The summed E-state index contributed by atoms with van der Waals surface area (Å²) in [5.41, 5.74) is 0.349. The SMILES string of the molecule is CC(O)C(C)NCC1(C)CCOCC1. The van der Waals surface area contributed by atoms with Crippen LogP contribution in [0.2, 0.25) is 0 Å². The van der Waals surface area contributed by atoms with Crippen molar-refractivity contribution >= 4 is 0 Å². The van der Waals surface area contributed by atoms with Gasteiger partial charge in [0.25, 0.3) is 0 Å². The molecule has 0 bridgehead atoms. The Kier molecular flexibility index (Phi) is 4.35. The van der Waals surface area contributed by atoms with Crippen LogP contribution in [-0.4, -0.2) is 37.0 Å². The molecule has 1 aliphatic rings. The van der Waals surface area contributed by atoms with E-state index in [0.717, 1.165) is 32.6 Å². The molecule has 1 aliphatic heterocycles. The van der Waals surface area contributed by atoms with Crippen molar-refractivity contribution in [3.8, 4) is 0 Å². The first-order valence-corrected chi connectivity index (χ1v) is 5.53. The summed E-state index contributed by atoms with van der Waals surface area (Å²) in [6.45, 7) is 8.86. The Morgan fingerprint density at radius 3 is 2.43 bits per heavy atom. The van der Waals surface area contributed by atoms with Gasteiger partial charge >= 0.3 is 0 Å². The van der Waals surface area contributed by atoms with Crippen LogP contribution in [0, 0.1) is 5.41 Å². The topological polar surface area (TPSA) is 41.5 Å². The molecule has 0 aromatic heterocycles. The fourth-order valence-corrected chi connectivity index (χ4v) is 1.62. The molecule has 0 aromatic rings. The maximum absolute atomic E-state index is 9.35. The molecule has 1 fully saturated rings. The van der Waals surface area contributed by atoms with Crippen LogP contribution in [0.1, 0.15) is 33.6 Å². The average molecular weight is 201 g/mol. The highest BCUT2D eigenvalue weighted by atomic mass is 16.5. The maximum atomic E-state index is 9.35. The number of nitrogens with one attached hydrogen (secondary N) is 1. The summed E-state index contributed by atoms with van der Waals surface area (Å²) >= 11 is 0. The second-order valence-electron chi connectivity index (χ2n) is 4.83. The Hall–Kier alpha value is -0.120. The molecule has 3 nitrogen and oxygen atoms in total.